The van der Waals surface area contributed by atoms with E-state index in [1.54, 1.807) is 0 Å². The predicted molar refractivity (Wildman–Crippen MR) is 13.6 cm³/mol. The van der Waals surface area contributed by atoms with Crippen molar-refractivity contribution in [1.82, 2.24) is 0 Å². The molecule has 0 heterocycles. The Morgan fingerprint density at radius 2 is 1.00 bits per heavy atom. The van der Waals surface area contributed by atoms with Crippen LogP contribution in [0.1, 0.15) is 0 Å². The molecule has 7 heteroatoms. The normalized spacial score (nSPS) is 3.43. The first kappa shape index (κ1) is 15.7. The molecular formula is H4N2O4W-2. The van der Waals surface area contributed by atoms with Crippen molar-refractivity contribution in [2.75, 3.05) is 0 Å². The molecule has 0 aromatic carbocycles. The second kappa shape index (κ2) is 127. The van der Waals surface area contributed by atoms with Gasteiger partial charge < -0.3 is 22.2 Å². The Kier molecular flexibility index (Phi) is 284. The van der Waals surface area contributed by atoms with E-state index >= 15 is 0 Å². The van der Waals surface area contributed by atoms with Crippen LogP contribution < -0.4 is 0 Å². The topological polar surface area (TPSA) is 122 Å². The van der Waals surface area contributed by atoms with E-state index in [0.29, 0.717) is 0 Å². The van der Waals surface area contributed by atoms with Gasteiger partial charge in [-0.25, -0.2) is 0 Å². The zero-order chi connectivity index (χ0) is 6.71. The first-order valence-electron chi connectivity index (χ1n) is 0.781. The van der Waals surface area contributed by atoms with Gasteiger partial charge in [0.2, 0.25) is 0 Å². The summed E-state index contributed by atoms with van der Waals surface area (Å²) in [5, 5.41) is 12.5. The molecule has 0 saturated heterocycles. The Labute approximate surface area is 48.2 Å². The molecule has 7 heavy (non-hydrogen) atoms. The SMILES string of the molecule is [NH-]O.[NH-]O.[O]=[W]=[O]. The van der Waals surface area contributed by atoms with Crippen molar-refractivity contribution in [3.05, 3.63) is 11.8 Å². The third-order valence-corrected chi connectivity index (χ3v) is 0. The van der Waals surface area contributed by atoms with Crippen LogP contribution in [0.25, 0.3) is 11.8 Å². The fraction of sp³-hybridized carbons (Fsp3) is 0. The van der Waals surface area contributed by atoms with Gasteiger partial charge >= 0.3 is 25.3 Å². The molecule has 0 spiro atoms. The quantitative estimate of drug-likeness (QED) is 0.631. The van der Waals surface area contributed by atoms with Crippen LogP contribution in [-0.2, 0) is 25.3 Å². The molecule has 4 N–H and O–H groups in total. The summed E-state index contributed by atoms with van der Waals surface area (Å²) < 4.78 is 17.1. The van der Waals surface area contributed by atoms with E-state index in [0.717, 1.165) is 0 Å². The van der Waals surface area contributed by atoms with Crippen molar-refractivity contribution in [3.8, 4) is 0 Å². The van der Waals surface area contributed by atoms with Crippen molar-refractivity contribution in [3.63, 3.8) is 0 Å². The minimum atomic E-state index is -2.25. The number of hydrogen-bond donors (Lipinski definition) is 2. The molecule has 0 aromatic heterocycles. The van der Waals surface area contributed by atoms with Gasteiger partial charge in [-0.15, -0.1) is 0 Å². The molecule has 0 aliphatic rings. The van der Waals surface area contributed by atoms with Crippen LogP contribution in [-0.4, -0.2) is 10.4 Å². The Morgan fingerprint density at radius 3 is 1.00 bits per heavy atom. The van der Waals surface area contributed by atoms with E-state index in [2.05, 4.69) is 0 Å². The standard InChI is InChI=1S/2H2NO.2O.W/c2*1-2;;;/h2*1-2H;;;/q2*-1;;;. The van der Waals surface area contributed by atoms with E-state index in [4.69, 9.17) is 29.0 Å². The first-order valence-corrected chi connectivity index (χ1v) is 3.18. The molecule has 46 valence electrons. The summed E-state index contributed by atoms with van der Waals surface area (Å²) in [6, 6.07) is 0. The van der Waals surface area contributed by atoms with Crippen molar-refractivity contribution >= 4 is 0 Å². The summed E-state index contributed by atoms with van der Waals surface area (Å²) >= 11 is -2.25. The summed E-state index contributed by atoms with van der Waals surface area (Å²) in [7, 11) is 0. The molecule has 0 aliphatic heterocycles. The number of hydrogen-bond acceptors (Lipinski definition) is 4. The summed E-state index contributed by atoms with van der Waals surface area (Å²) in [4.78, 5) is 0. The van der Waals surface area contributed by atoms with Gasteiger partial charge in [0.25, 0.3) is 0 Å². The molecule has 0 atom stereocenters. The van der Waals surface area contributed by atoms with Gasteiger partial charge in [-0.2, -0.15) is 0 Å². The Hall–Kier alpha value is 0.128. The second-order valence-electron chi connectivity index (χ2n) is 0.0680. The van der Waals surface area contributed by atoms with Gasteiger partial charge in [-0.3, -0.25) is 0 Å². The summed E-state index contributed by atoms with van der Waals surface area (Å²) in [6.45, 7) is 0. The fourth-order valence-corrected chi connectivity index (χ4v) is 0. The van der Waals surface area contributed by atoms with Crippen molar-refractivity contribution < 1.29 is 35.7 Å². The van der Waals surface area contributed by atoms with Gasteiger partial charge in [0, 0.05) is 0 Å². The zero-order valence-corrected chi connectivity index (χ0v) is 6.05. The first-order chi connectivity index (χ1) is 3.41. The monoisotopic (exact) mass is 280 g/mol. The van der Waals surface area contributed by atoms with Gasteiger partial charge in [0.1, 0.15) is 0 Å². The maximum atomic E-state index is 8.54. The van der Waals surface area contributed by atoms with Crippen molar-refractivity contribution in [2.45, 2.75) is 0 Å². The number of nitrogens with one attached hydrogen (secondary N) is 2. The van der Waals surface area contributed by atoms with Gasteiger partial charge in [0.15, 0.2) is 0 Å². The summed E-state index contributed by atoms with van der Waals surface area (Å²) in [5.41, 5.74) is 0. The molecule has 0 aromatic rings. The predicted octanol–water partition coefficient (Wildman–Crippen LogP) is 0.615. The Morgan fingerprint density at radius 1 is 1.00 bits per heavy atom. The van der Waals surface area contributed by atoms with Crippen LogP contribution in [0.5, 0.6) is 0 Å². The van der Waals surface area contributed by atoms with E-state index in [1.165, 1.54) is 0 Å². The van der Waals surface area contributed by atoms with Crippen LogP contribution in [0.15, 0.2) is 0 Å². The maximum absolute atomic E-state index is 8.54. The zero-order valence-electron chi connectivity index (χ0n) is 3.12. The molecule has 0 unspecified atom stereocenters. The Bertz CT molecular complexity index is 30.7. The summed E-state index contributed by atoms with van der Waals surface area (Å²) in [6.07, 6.45) is 0. The molecule has 0 bridgehead atoms. The van der Waals surface area contributed by atoms with Crippen molar-refractivity contribution in [2.24, 2.45) is 0 Å². The molecule has 0 saturated carbocycles. The molecule has 0 radical (unpaired) electrons. The van der Waals surface area contributed by atoms with E-state index in [1.807, 2.05) is 0 Å². The van der Waals surface area contributed by atoms with Crippen LogP contribution >= 0.6 is 0 Å². The molecule has 0 fully saturated rings. The molecule has 0 rings (SSSR count). The average Bonchev–Trinajstić information content (AvgIpc) is 1.78. The van der Waals surface area contributed by atoms with Crippen molar-refractivity contribution in [1.29, 1.82) is 0 Å². The summed E-state index contributed by atoms with van der Waals surface area (Å²) in [5.74, 6) is 9.50. The molecule has 6 nitrogen and oxygen atoms in total. The van der Waals surface area contributed by atoms with Gasteiger partial charge in [-0.05, 0) is 0 Å². The van der Waals surface area contributed by atoms with Crippen LogP contribution in [0.4, 0.5) is 0 Å². The average molecular weight is 280 g/mol. The minimum absolute atomic E-state index is 2.25. The molecular weight excluding hydrogens is 276 g/mol. The molecule has 0 amide bonds. The third-order valence-electron chi connectivity index (χ3n) is 0. The van der Waals surface area contributed by atoms with Crippen LogP contribution in [0, 0.1) is 0 Å². The van der Waals surface area contributed by atoms with E-state index in [-0.39, 0.29) is 0 Å². The van der Waals surface area contributed by atoms with Crippen LogP contribution in [0.2, 0.25) is 0 Å². The fourth-order valence-electron chi connectivity index (χ4n) is 0. The Balaban J connectivity index is -0.0000000360. The van der Waals surface area contributed by atoms with E-state index < -0.39 is 18.5 Å². The van der Waals surface area contributed by atoms with E-state index in [9.17, 15) is 0 Å². The number of rotatable bonds is 0. The van der Waals surface area contributed by atoms with Gasteiger partial charge in [-0.1, -0.05) is 0 Å². The third kappa shape index (κ3) is 6340. The van der Waals surface area contributed by atoms with Crippen LogP contribution in [0.3, 0.4) is 0 Å². The second-order valence-corrected chi connectivity index (χ2v) is 0.557. The molecule has 0 aliphatic carbocycles. The van der Waals surface area contributed by atoms with Gasteiger partial charge in [0.05, 0.1) is 0 Å².